The molecule has 0 radical (unpaired) electrons. The lowest BCUT2D eigenvalue weighted by molar-refractivity contribution is -0.115. The number of benzene rings is 1. The van der Waals surface area contributed by atoms with Crippen molar-refractivity contribution in [3.8, 4) is 11.6 Å². The highest BCUT2D eigenvalue weighted by Crippen LogP contribution is 2.35. The van der Waals surface area contributed by atoms with Crippen LogP contribution in [0.15, 0.2) is 52.2 Å². The third-order valence-corrected chi connectivity index (χ3v) is 6.43. The summed E-state index contributed by atoms with van der Waals surface area (Å²) in [7, 11) is 0. The van der Waals surface area contributed by atoms with Gasteiger partial charge >= 0.3 is 0 Å². The maximum absolute atomic E-state index is 12.7. The highest BCUT2D eigenvalue weighted by atomic mass is 32.2. The molecule has 31 heavy (non-hydrogen) atoms. The number of nitrogens with one attached hydrogen (secondary N) is 1. The van der Waals surface area contributed by atoms with Crippen molar-refractivity contribution in [1.29, 1.82) is 0 Å². The van der Waals surface area contributed by atoms with Gasteiger partial charge in [-0.2, -0.15) is 0 Å². The predicted octanol–water partition coefficient (Wildman–Crippen LogP) is 5.37. The van der Waals surface area contributed by atoms with Crippen LogP contribution in [0.4, 0.5) is 5.69 Å². The van der Waals surface area contributed by atoms with E-state index in [1.165, 1.54) is 31.0 Å². The summed E-state index contributed by atoms with van der Waals surface area (Å²) in [6.45, 7) is 1.80. The SMILES string of the molecule is CCC(=O)Nc1ccc(C(=O)CSc2nnc(-c3ccco3)n2C2CCCCC2)cc1. The fraction of sp³-hybridized carbons (Fsp3) is 0.391. The summed E-state index contributed by atoms with van der Waals surface area (Å²) in [5, 5.41) is 12.3. The molecular weight excluding hydrogens is 412 g/mol. The van der Waals surface area contributed by atoms with E-state index in [1.54, 1.807) is 37.5 Å². The van der Waals surface area contributed by atoms with Crippen molar-refractivity contribution in [3.05, 3.63) is 48.2 Å². The van der Waals surface area contributed by atoms with E-state index < -0.39 is 0 Å². The summed E-state index contributed by atoms with van der Waals surface area (Å²) in [5.74, 6) is 1.65. The van der Waals surface area contributed by atoms with Crippen molar-refractivity contribution in [1.82, 2.24) is 14.8 Å². The Balaban J connectivity index is 1.48. The summed E-state index contributed by atoms with van der Waals surface area (Å²) < 4.78 is 7.73. The molecule has 2 heterocycles. The summed E-state index contributed by atoms with van der Waals surface area (Å²) >= 11 is 1.41. The van der Waals surface area contributed by atoms with Crippen LogP contribution < -0.4 is 5.32 Å². The number of aromatic nitrogens is 3. The quantitative estimate of drug-likeness (QED) is 0.376. The Hall–Kier alpha value is -2.87. The minimum atomic E-state index is -0.0518. The number of nitrogens with zero attached hydrogens (tertiary/aromatic N) is 3. The Morgan fingerprint density at radius 3 is 2.58 bits per heavy atom. The fourth-order valence-electron chi connectivity index (χ4n) is 3.82. The van der Waals surface area contributed by atoms with Crippen molar-refractivity contribution < 1.29 is 14.0 Å². The molecule has 1 amide bonds. The van der Waals surface area contributed by atoms with Crippen LogP contribution in [-0.2, 0) is 4.79 Å². The van der Waals surface area contributed by atoms with E-state index in [1.807, 2.05) is 12.1 Å². The summed E-state index contributed by atoms with van der Waals surface area (Å²) in [4.78, 5) is 24.3. The molecule has 1 aromatic carbocycles. The first-order valence-electron chi connectivity index (χ1n) is 10.7. The van der Waals surface area contributed by atoms with Crippen LogP contribution in [0, 0.1) is 0 Å². The van der Waals surface area contributed by atoms with E-state index in [0.29, 0.717) is 29.5 Å². The zero-order valence-corrected chi connectivity index (χ0v) is 18.4. The molecule has 1 N–H and O–H groups in total. The lowest BCUT2D eigenvalue weighted by Gasteiger charge is -2.25. The van der Waals surface area contributed by atoms with E-state index in [0.717, 1.165) is 23.8 Å². The van der Waals surface area contributed by atoms with Gasteiger partial charge in [-0.1, -0.05) is 37.9 Å². The highest BCUT2D eigenvalue weighted by Gasteiger charge is 2.25. The zero-order chi connectivity index (χ0) is 21.6. The maximum Gasteiger partial charge on any atom is 0.224 e. The van der Waals surface area contributed by atoms with Crippen LogP contribution in [0.1, 0.15) is 61.8 Å². The monoisotopic (exact) mass is 438 g/mol. The van der Waals surface area contributed by atoms with Gasteiger partial charge in [0, 0.05) is 23.7 Å². The van der Waals surface area contributed by atoms with Crippen molar-refractivity contribution in [2.24, 2.45) is 0 Å². The van der Waals surface area contributed by atoms with Crippen LogP contribution >= 0.6 is 11.8 Å². The van der Waals surface area contributed by atoms with E-state index in [9.17, 15) is 9.59 Å². The summed E-state index contributed by atoms with van der Waals surface area (Å²) in [6, 6.07) is 11.1. The largest absolute Gasteiger partial charge is 0.461 e. The molecule has 8 heteroatoms. The molecule has 0 spiro atoms. The number of amides is 1. The minimum Gasteiger partial charge on any atom is -0.461 e. The first-order valence-corrected chi connectivity index (χ1v) is 11.7. The van der Waals surface area contributed by atoms with Crippen LogP contribution in [0.5, 0.6) is 0 Å². The highest BCUT2D eigenvalue weighted by molar-refractivity contribution is 7.99. The average Bonchev–Trinajstić information content (AvgIpc) is 3.48. The molecule has 3 aromatic rings. The summed E-state index contributed by atoms with van der Waals surface area (Å²) in [5.41, 5.74) is 1.30. The topological polar surface area (TPSA) is 90.0 Å². The lowest BCUT2D eigenvalue weighted by atomic mass is 9.95. The lowest BCUT2D eigenvalue weighted by Crippen LogP contribution is -2.15. The van der Waals surface area contributed by atoms with Gasteiger partial charge in [-0.15, -0.1) is 10.2 Å². The minimum absolute atomic E-state index is 0.0103. The Morgan fingerprint density at radius 1 is 1.13 bits per heavy atom. The number of Topliss-reactive ketones (excluding diaryl/α,β-unsaturated/α-hetero) is 1. The van der Waals surface area contributed by atoms with E-state index in [4.69, 9.17) is 4.42 Å². The Bertz CT molecular complexity index is 1020. The number of carbonyl (C=O) groups is 2. The number of thioether (sulfide) groups is 1. The van der Waals surface area contributed by atoms with Crippen LogP contribution in [0.3, 0.4) is 0 Å². The van der Waals surface area contributed by atoms with Crippen molar-refractivity contribution in [2.45, 2.75) is 56.6 Å². The summed E-state index contributed by atoms with van der Waals surface area (Å²) in [6.07, 6.45) is 7.84. The molecule has 0 unspecified atom stereocenters. The molecule has 2 aromatic heterocycles. The van der Waals surface area contributed by atoms with Gasteiger partial charge in [0.25, 0.3) is 0 Å². The standard InChI is InChI=1S/C23H26N4O3S/c1-2-21(29)24-17-12-10-16(11-13-17)19(28)15-31-23-26-25-22(20-9-6-14-30-20)27(23)18-7-4-3-5-8-18/h6,9-14,18H,2-5,7-8,15H2,1H3,(H,24,29). The van der Waals surface area contributed by atoms with E-state index >= 15 is 0 Å². The van der Waals surface area contributed by atoms with Gasteiger partial charge in [-0.3, -0.25) is 14.2 Å². The second kappa shape index (κ2) is 9.96. The Labute approximate surface area is 185 Å². The number of ketones is 1. The first kappa shape index (κ1) is 21.4. The predicted molar refractivity (Wildman–Crippen MR) is 120 cm³/mol. The maximum atomic E-state index is 12.7. The first-order chi connectivity index (χ1) is 15.2. The molecule has 0 bridgehead atoms. The number of hydrogen-bond acceptors (Lipinski definition) is 6. The molecule has 4 rings (SSSR count). The molecule has 1 fully saturated rings. The van der Waals surface area contributed by atoms with Crippen LogP contribution in [0.25, 0.3) is 11.6 Å². The second-order valence-electron chi connectivity index (χ2n) is 7.64. The second-order valence-corrected chi connectivity index (χ2v) is 8.58. The van der Waals surface area contributed by atoms with E-state index in [2.05, 4.69) is 20.1 Å². The third-order valence-electron chi connectivity index (χ3n) is 5.49. The van der Waals surface area contributed by atoms with Crippen molar-refractivity contribution in [3.63, 3.8) is 0 Å². The number of anilines is 1. The molecule has 162 valence electrons. The van der Waals surface area contributed by atoms with E-state index in [-0.39, 0.29) is 17.4 Å². The van der Waals surface area contributed by atoms with Crippen molar-refractivity contribution >= 4 is 29.1 Å². The Morgan fingerprint density at radius 2 is 1.90 bits per heavy atom. The fourth-order valence-corrected chi connectivity index (χ4v) is 4.72. The van der Waals surface area contributed by atoms with Gasteiger partial charge in [0.05, 0.1) is 12.0 Å². The molecule has 1 saturated carbocycles. The molecule has 0 saturated heterocycles. The van der Waals surface area contributed by atoms with Crippen molar-refractivity contribution in [2.75, 3.05) is 11.1 Å². The number of carbonyl (C=O) groups excluding carboxylic acids is 2. The molecule has 0 atom stereocenters. The smallest absolute Gasteiger partial charge is 0.224 e. The third kappa shape index (κ3) is 5.07. The van der Waals surface area contributed by atoms with Gasteiger partial charge in [-0.05, 0) is 49.2 Å². The Kier molecular flexibility index (Phi) is 6.86. The molecular formula is C23H26N4O3S. The molecule has 7 nitrogen and oxygen atoms in total. The van der Waals surface area contributed by atoms with Crippen LogP contribution in [-0.4, -0.2) is 32.2 Å². The molecule has 0 aliphatic heterocycles. The van der Waals surface area contributed by atoms with Gasteiger partial charge in [0.15, 0.2) is 16.7 Å². The number of furan rings is 1. The average molecular weight is 439 g/mol. The normalized spacial score (nSPS) is 14.5. The van der Waals surface area contributed by atoms with Crippen LogP contribution in [0.2, 0.25) is 0 Å². The number of rotatable bonds is 8. The van der Waals surface area contributed by atoms with Gasteiger partial charge in [0.2, 0.25) is 11.7 Å². The zero-order valence-electron chi connectivity index (χ0n) is 17.5. The molecule has 1 aliphatic rings. The van der Waals surface area contributed by atoms with Gasteiger partial charge in [-0.25, -0.2) is 0 Å². The number of hydrogen-bond donors (Lipinski definition) is 1. The molecule has 1 aliphatic carbocycles. The van der Waals surface area contributed by atoms with Gasteiger partial charge < -0.3 is 9.73 Å². The van der Waals surface area contributed by atoms with Gasteiger partial charge in [0.1, 0.15) is 0 Å².